The van der Waals surface area contributed by atoms with Crippen molar-refractivity contribution in [2.24, 2.45) is 5.92 Å². The number of hydrogen-bond donors (Lipinski definition) is 1. The van der Waals surface area contributed by atoms with Gasteiger partial charge < -0.3 is 0 Å². The van der Waals surface area contributed by atoms with E-state index < -0.39 is 10.0 Å². The fourth-order valence-electron chi connectivity index (χ4n) is 1.90. The minimum atomic E-state index is -3.29. The molecule has 1 N–H and O–H groups in total. The summed E-state index contributed by atoms with van der Waals surface area (Å²) in [6.07, 6.45) is 0.658. The quantitative estimate of drug-likeness (QED) is 0.767. The molecule has 2 rings (SSSR count). The van der Waals surface area contributed by atoms with Crippen LogP contribution in [0, 0.1) is 19.8 Å². The molecule has 0 spiro atoms. The fraction of sp³-hybridized carbons (Fsp3) is 0.438. The van der Waals surface area contributed by atoms with Crippen molar-refractivity contribution < 1.29 is 8.42 Å². The summed E-state index contributed by atoms with van der Waals surface area (Å²) in [4.78, 5) is 5.49. The van der Waals surface area contributed by atoms with Crippen LogP contribution < -0.4 is 4.72 Å². The summed E-state index contributed by atoms with van der Waals surface area (Å²) in [6, 6.07) is 5.74. The Balaban J connectivity index is 2.07. The summed E-state index contributed by atoms with van der Waals surface area (Å²) in [5.74, 6) is 0.520. The zero-order valence-electron chi connectivity index (χ0n) is 13.8. The van der Waals surface area contributed by atoms with Gasteiger partial charge in [0.15, 0.2) is 4.34 Å². The number of anilines is 1. The van der Waals surface area contributed by atoms with Crippen molar-refractivity contribution in [1.82, 2.24) is 4.98 Å². The summed E-state index contributed by atoms with van der Waals surface area (Å²) >= 11 is 3.21. The minimum Gasteiger partial charge on any atom is -0.283 e. The van der Waals surface area contributed by atoms with Crippen LogP contribution in [0.4, 0.5) is 5.69 Å². The largest absolute Gasteiger partial charge is 0.283 e. The van der Waals surface area contributed by atoms with Crippen molar-refractivity contribution in [2.45, 2.75) is 43.4 Å². The molecule has 0 saturated carbocycles. The Labute approximate surface area is 146 Å². The van der Waals surface area contributed by atoms with Gasteiger partial charge in [-0.1, -0.05) is 25.6 Å². The lowest BCUT2D eigenvalue weighted by molar-refractivity contribution is 0.578. The highest BCUT2D eigenvalue weighted by Gasteiger charge is 2.13. The van der Waals surface area contributed by atoms with Crippen molar-refractivity contribution in [3.05, 3.63) is 34.8 Å². The molecule has 0 aliphatic carbocycles. The van der Waals surface area contributed by atoms with Gasteiger partial charge in [0.1, 0.15) is 0 Å². The van der Waals surface area contributed by atoms with E-state index in [2.05, 4.69) is 9.71 Å². The highest BCUT2D eigenvalue weighted by atomic mass is 32.2. The zero-order valence-corrected chi connectivity index (χ0v) is 16.2. The third-order valence-corrected chi connectivity index (χ3v) is 6.58. The van der Waals surface area contributed by atoms with Crippen molar-refractivity contribution in [3.63, 3.8) is 0 Å². The van der Waals surface area contributed by atoms with E-state index in [0.717, 1.165) is 20.5 Å². The monoisotopic (exact) mass is 370 g/mol. The Kier molecular flexibility index (Phi) is 6.11. The molecular formula is C16H22N2O2S3. The smallest absolute Gasteiger partial charge is 0.232 e. The van der Waals surface area contributed by atoms with E-state index in [1.165, 1.54) is 0 Å². The first-order valence-electron chi connectivity index (χ1n) is 7.46. The third kappa shape index (κ3) is 5.82. The normalized spacial score (nSPS) is 11.9. The fourth-order valence-corrected chi connectivity index (χ4v) is 5.26. The molecule has 0 bridgehead atoms. The highest BCUT2D eigenvalue weighted by molar-refractivity contribution is 8.01. The Morgan fingerprint density at radius 1 is 1.30 bits per heavy atom. The number of aryl methyl sites for hydroxylation is 2. The van der Waals surface area contributed by atoms with E-state index in [1.807, 2.05) is 51.3 Å². The number of thiazole rings is 1. The molecule has 0 aliphatic heterocycles. The van der Waals surface area contributed by atoms with E-state index in [4.69, 9.17) is 0 Å². The van der Waals surface area contributed by atoms with E-state index in [1.54, 1.807) is 23.1 Å². The lowest BCUT2D eigenvalue weighted by Crippen LogP contribution is -2.18. The summed E-state index contributed by atoms with van der Waals surface area (Å²) in [5.41, 5.74) is 2.58. The van der Waals surface area contributed by atoms with Gasteiger partial charge in [-0.3, -0.25) is 4.72 Å². The van der Waals surface area contributed by atoms with Gasteiger partial charge in [0.05, 0.1) is 11.4 Å². The molecule has 0 saturated heterocycles. The van der Waals surface area contributed by atoms with Crippen LogP contribution in [0.1, 0.15) is 31.5 Å². The van der Waals surface area contributed by atoms with Crippen LogP contribution in [0.2, 0.25) is 0 Å². The molecule has 126 valence electrons. The predicted molar refractivity (Wildman–Crippen MR) is 99.0 cm³/mol. The minimum absolute atomic E-state index is 0.152. The zero-order chi connectivity index (χ0) is 17.0. The van der Waals surface area contributed by atoms with Crippen LogP contribution in [0.5, 0.6) is 0 Å². The molecule has 1 aromatic heterocycles. The highest BCUT2D eigenvalue weighted by Crippen LogP contribution is 2.32. The maximum absolute atomic E-state index is 12.1. The molecule has 0 aliphatic rings. The predicted octanol–water partition coefficient (Wildman–Crippen LogP) is 4.70. The van der Waals surface area contributed by atoms with Crippen LogP contribution in [0.3, 0.4) is 0 Å². The Morgan fingerprint density at radius 3 is 2.61 bits per heavy atom. The first-order valence-corrected chi connectivity index (χ1v) is 10.8. The summed E-state index contributed by atoms with van der Waals surface area (Å²) in [7, 11) is -3.29. The molecule has 23 heavy (non-hydrogen) atoms. The number of aromatic nitrogens is 1. The van der Waals surface area contributed by atoms with Gasteiger partial charge in [0, 0.05) is 16.0 Å². The molecule has 1 aromatic carbocycles. The summed E-state index contributed by atoms with van der Waals surface area (Å²) < 4.78 is 27.9. The van der Waals surface area contributed by atoms with Crippen molar-refractivity contribution in [2.75, 3.05) is 10.5 Å². The molecule has 0 fully saturated rings. The number of nitrogens with zero attached hydrogens (tertiary/aromatic N) is 1. The van der Waals surface area contributed by atoms with Crippen LogP contribution >= 0.6 is 23.1 Å². The van der Waals surface area contributed by atoms with Crippen LogP contribution in [0.25, 0.3) is 0 Å². The first-order chi connectivity index (χ1) is 10.7. The van der Waals surface area contributed by atoms with Crippen LogP contribution in [-0.2, 0) is 10.0 Å². The molecule has 4 nitrogen and oxygen atoms in total. The second-order valence-electron chi connectivity index (χ2n) is 5.94. The van der Waals surface area contributed by atoms with Gasteiger partial charge in [0.2, 0.25) is 10.0 Å². The molecule has 1 heterocycles. The van der Waals surface area contributed by atoms with E-state index in [0.29, 0.717) is 18.0 Å². The molecular weight excluding hydrogens is 348 g/mol. The van der Waals surface area contributed by atoms with Crippen molar-refractivity contribution >= 4 is 38.8 Å². The Bertz CT molecular complexity index is 767. The van der Waals surface area contributed by atoms with Gasteiger partial charge in [-0.25, -0.2) is 13.4 Å². The summed E-state index contributed by atoms with van der Waals surface area (Å²) in [6.45, 7) is 7.93. The summed E-state index contributed by atoms with van der Waals surface area (Å²) in [5, 5.41) is 2.02. The van der Waals surface area contributed by atoms with E-state index >= 15 is 0 Å². The van der Waals surface area contributed by atoms with Crippen LogP contribution in [-0.4, -0.2) is 19.2 Å². The maximum atomic E-state index is 12.1. The number of sulfonamides is 1. The average molecular weight is 371 g/mol. The Morgan fingerprint density at radius 2 is 2.04 bits per heavy atom. The van der Waals surface area contributed by atoms with E-state index in [-0.39, 0.29) is 5.75 Å². The third-order valence-electron chi connectivity index (χ3n) is 3.23. The molecule has 7 heteroatoms. The molecule has 0 atom stereocenters. The number of benzene rings is 1. The standard InChI is InChI=1S/C16H22N2O2S3/c1-11(2)7-8-23(19,20)18-15-6-5-14(9-12(15)3)22-16-17-13(4)10-21-16/h5-6,9-11,18H,7-8H2,1-4H3. The van der Waals surface area contributed by atoms with Crippen LogP contribution in [0.15, 0.2) is 32.8 Å². The molecule has 0 radical (unpaired) electrons. The number of rotatable bonds is 7. The van der Waals surface area contributed by atoms with Gasteiger partial charge >= 0.3 is 0 Å². The molecule has 2 aromatic rings. The lowest BCUT2D eigenvalue weighted by atomic mass is 10.2. The second-order valence-corrected chi connectivity index (χ2v) is 9.96. The number of nitrogens with one attached hydrogen (secondary N) is 1. The van der Waals surface area contributed by atoms with Gasteiger partial charge in [-0.2, -0.15) is 0 Å². The molecule has 0 amide bonds. The SMILES string of the molecule is Cc1csc(Sc2ccc(NS(=O)(=O)CCC(C)C)c(C)c2)n1. The lowest BCUT2D eigenvalue weighted by Gasteiger charge is -2.12. The topological polar surface area (TPSA) is 59.1 Å². The second kappa shape index (κ2) is 7.68. The van der Waals surface area contributed by atoms with Gasteiger partial charge in [-0.15, -0.1) is 11.3 Å². The number of hydrogen-bond acceptors (Lipinski definition) is 5. The van der Waals surface area contributed by atoms with Crippen molar-refractivity contribution in [3.8, 4) is 0 Å². The average Bonchev–Trinajstić information content (AvgIpc) is 2.85. The van der Waals surface area contributed by atoms with Gasteiger partial charge in [0.25, 0.3) is 0 Å². The van der Waals surface area contributed by atoms with E-state index in [9.17, 15) is 8.42 Å². The molecule has 0 unspecified atom stereocenters. The first kappa shape index (κ1) is 18.3. The maximum Gasteiger partial charge on any atom is 0.232 e. The van der Waals surface area contributed by atoms with Gasteiger partial charge in [-0.05, 0) is 49.9 Å². The Hall–Kier alpha value is -1.05. The van der Waals surface area contributed by atoms with Crippen molar-refractivity contribution in [1.29, 1.82) is 0 Å².